The molecule has 0 aliphatic heterocycles. The molecule has 0 aliphatic carbocycles. The van der Waals surface area contributed by atoms with Crippen molar-refractivity contribution in [2.45, 2.75) is 20.0 Å². The first-order chi connectivity index (χ1) is 11.5. The third kappa shape index (κ3) is 2.94. The number of primary amides is 1. The summed E-state index contributed by atoms with van der Waals surface area (Å²) in [5.74, 6) is -1.51. The Hall–Kier alpha value is -3.29. The number of esters is 1. The number of ether oxygens (including phenoxy) is 1. The Morgan fingerprint density at radius 3 is 2.54 bits per heavy atom. The van der Waals surface area contributed by atoms with Crippen LogP contribution in [0.15, 0.2) is 36.4 Å². The minimum Gasteiger partial charge on any atom is -0.441 e. The van der Waals surface area contributed by atoms with E-state index in [4.69, 9.17) is 10.5 Å². The van der Waals surface area contributed by atoms with Gasteiger partial charge in [-0.1, -0.05) is 30.3 Å². The molecular formula is C16H15N5O3. The minimum atomic E-state index is -1.21. The maximum Gasteiger partial charge on any atom is 0.379 e. The van der Waals surface area contributed by atoms with Crippen molar-refractivity contribution in [3.05, 3.63) is 59.2 Å². The second-order valence-electron chi connectivity index (χ2n) is 5.28. The first-order valence-corrected chi connectivity index (χ1v) is 7.22. The quantitative estimate of drug-likeness (QED) is 0.719. The van der Waals surface area contributed by atoms with Crippen LogP contribution in [0.2, 0.25) is 0 Å². The van der Waals surface area contributed by atoms with Crippen molar-refractivity contribution >= 4 is 17.7 Å². The third-order valence-corrected chi connectivity index (χ3v) is 3.39. The number of carbonyl (C=O) groups excluding carboxylic acids is 2. The van der Waals surface area contributed by atoms with Gasteiger partial charge in [0.2, 0.25) is 6.10 Å². The number of rotatable bonds is 4. The number of nitrogens with zero attached hydrogens (tertiary/aromatic N) is 4. The molecule has 3 rings (SSSR count). The highest BCUT2D eigenvalue weighted by molar-refractivity contribution is 5.89. The van der Waals surface area contributed by atoms with Crippen LogP contribution in [-0.2, 0) is 9.53 Å². The van der Waals surface area contributed by atoms with Crippen molar-refractivity contribution in [1.82, 2.24) is 19.6 Å². The van der Waals surface area contributed by atoms with E-state index in [1.165, 1.54) is 4.52 Å². The van der Waals surface area contributed by atoms with E-state index in [-0.39, 0.29) is 11.6 Å². The van der Waals surface area contributed by atoms with Crippen LogP contribution < -0.4 is 5.73 Å². The molecule has 2 N–H and O–H groups in total. The number of nitrogens with two attached hydrogens (primary N) is 1. The molecule has 2 heterocycles. The van der Waals surface area contributed by atoms with Crippen molar-refractivity contribution < 1.29 is 14.3 Å². The summed E-state index contributed by atoms with van der Waals surface area (Å²) in [6, 6.07) is 10.3. The number of fused-ring (bicyclic) bond motifs is 1. The average Bonchev–Trinajstić information content (AvgIpc) is 2.97. The SMILES string of the molecule is Cc1cc(C)n2nc(C(=O)OC(C(N)=O)c3ccccc3)nc2n1. The van der Waals surface area contributed by atoms with E-state index in [2.05, 4.69) is 15.1 Å². The molecule has 0 spiro atoms. The van der Waals surface area contributed by atoms with Crippen molar-refractivity contribution in [1.29, 1.82) is 0 Å². The Morgan fingerprint density at radius 2 is 1.88 bits per heavy atom. The number of aryl methyl sites for hydroxylation is 2. The van der Waals surface area contributed by atoms with E-state index in [9.17, 15) is 9.59 Å². The van der Waals surface area contributed by atoms with Crippen LogP contribution in [0.25, 0.3) is 5.78 Å². The van der Waals surface area contributed by atoms with Gasteiger partial charge in [-0.3, -0.25) is 4.79 Å². The number of amides is 1. The van der Waals surface area contributed by atoms with Gasteiger partial charge >= 0.3 is 5.97 Å². The second-order valence-corrected chi connectivity index (χ2v) is 5.28. The standard InChI is InChI=1S/C16H15N5O3/c1-9-8-10(2)21-16(18-9)19-14(20-21)15(23)24-12(13(17)22)11-6-4-3-5-7-11/h3-8,12H,1-2H3,(H2,17,22). The predicted molar refractivity (Wildman–Crippen MR) is 84.0 cm³/mol. The molecule has 24 heavy (non-hydrogen) atoms. The normalized spacial score (nSPS) is 12.1. The fraction of sp³-hybridized carbons (Fsp3) is 0.188. The lowest BCUT2D eigenvalue weighted by Crippen LogP contribution is -2.26. The highest BCUT2D eigenvalue weighted by Crippen LogP contribution is 2.18. The maximum atomic E-state index is 12.3. The van der Waals surface area contributed by atoms with Crippen LogP contribution in [0.1, 0.15) is 33.7 Å². The largest absolute Gasteiger partial charge is 0.441 e. The van der Waals surface area contributed by atoms with Gasteiger partial charge in [0, 0.05) is 17.0 Å². The molecule has 0 bridgehead atoms. The monoisotopic (exact) mass is 325 g/mol. The van der Waals surface area contributed by atoms with Gasteiger partial charge in [0.25, 0.3) is 17.5 Å². The van der Waals surface area contributed by atoms with Gasteiger partial charge in [-0.15, -0.1) is 5.10 Å². The zero-order chi connectivity index (χ0) is 17.3. The molecule has 1 atom stereocenters. The molecule has 0 radical (unpaired) electrons. The summed E-state index contributed by atoms with van der Waals surface area (Å²) in [5.41, 5.74) is 7.35. The summed E-state index contributed by atoms with van der Waals surface area (Å²) in [4.78, 5) is 32.2. The van der Waals surface area contributed by atoms with Gasteiger partial charge in [-0.25, -0.2) is 14.3 Å². The number of benzene rings is 1. The second kappa shape index (κ2) is 6.07. The Balaban J connectivity index is 1.91. The van der Waals surface area contributed by atoms with Crippen LogP contribution in [0.4, 0.5) is 0 Å². The van der Waals surface area contributed by atoms with Gasteiger partial charge in [-0.2, -0.15) is 4.98 Å². The first kappa shape index (κ1) is 15.6. The summed E-state index contributed by atoms with van der Waals surface area (Å²) in [6.07, 6.45) is -1.21. The predicted octanol–water partition coefficient (Wildman–Crippen LogP) is 1.12. The zero-order valence-corrected chi connectivity index (χ0v) is 13.1. The smallest absolute Gasteiger partial charge is 0.379 e. The van der Waals surface area contributed by atoms with E-state index in [0.29, 0.717) is 5.56 Å². The van der Waals surface area contributed by atoms with E-state index in [0.717, 1.165) is 11.4 Å². The molecule has 1 amide bonds. The summed E-state index contributed by atoms with van der Waals surface area (Å²) in [7, 11) is 0. The molecule has 8 heteroatoms. The molecule has 0 saturated heterocycles. The van der Waals surface area contributed by atoms with Crippen LogP contribution in [-0.4, -0.2) is 31.5 Å². The van der Waals surface area contributed by atoms with Gasteiger partial charge in [0.05, 0.1) is 0 Å². The summed E-state index contributed by atoms with van der Waals surface area (Å²) in [5, 5.41) is 4.08. The fourth-order valence-corrected chi connectivity index (χ4v) is 2.33. The van der Waals surface area contributed by atoms with E-state index in [1.54, 1.807) is 30.3 Å². The molecule has 1 unspecified atom stereocenters. The molecule has 3 aromatic rings. The summed E-state index contributed by atoms with van der Waals surface area (Å²) >= 11 is 0. The highest BCUT2D eigenvalue weighted by Gasteiger charge is 2.26. The van der Waals surface area contributed by atoms with Crippen LogP contribution >= 0.6 is 0 Å². The Labute approximate surface area is 137 Å². The lowest BCUT2D eigenvalue weighted by molar-refractivity contribution is -0.127. The lowest BCUT2D eigenvalue weighted by atomic mass is 10.1. The van der Waals surface area contributed by atoms with Gasteiger partial charge in [0.1, 0.15) is 0 Å². The van der Waals surface area contributed by atoms with Crippen molar-refractivity contribution in [2.24, 2.45) is 5.73 Å². The van der Waals surface area contributed by atoms with Crippen LogP contribution in [0.3, 0.4) is 0 Å². The molecule has 8 nitrogen and oxygen atoms in total. The topological polar surface area (TPSA) is 112 Å². The first-order valence-electron chi connectivity index (χ1n) is 7.22. The number of hydrogen-bond acceptors (Lipinski definition) is 6. The number of hydrogen-bond donors (Lipinski definition) is 1. The molecular weight excluding hydrogens is 310 g/mol. The van der Waals surface area contributed by atoms with Gasteiger partial charge < -0.3 is 10.5 Å². The molecule has 0 fully saturated rings. The minimum absolute atomic E-state index is 0.182. The van der Waals surface area contributed by atoms with Gasteiger partial charge in [-0.05, 0) is 19.9 Å². The third-order valence-electron chi connectivity index (χ3n) is 3.39. The molecule has 2 aromatic heterocycles. The zero-order valence-electron chi connectivity index (χ0n) is 13.1. The highest BCUT2D eigenvalue weighted by atomic mass is 16.5. The molecule has 1 aromatic carbocycles. The van der Waals surface area contributed by atoms with Crippen molar-refractivity contribution in [3.63, 3.8) is 0 Å². The lowest BCUT2D eigenvalue weighted by Gasteiger charge is -2.13. The maximum absolute atomic E-state index is 12.3. The molecule has 122 valence electrons. The van der Waals surface area contributed by atoms with Gasteiger partial charge in [0.15, 0.2) is 0 Å². The Morgan fingerprint density at radius 1 is 1.17 bits per heavy atom. The molecule has 0 saturated carbocycles. The number of carbonyl (C=O) groups is 2. The Bertz CT molecular complexity index is 920. The summed E-state index contributed by atoms with van der Waals surface area (Å²) < 4.78 is 6.64. The fourth-order valence-electron chi connectivity index (χ4n) is 2.33. The molecule has 0 aliphatic rings. The van der Waals surface area contributed by atoms with Crippen molar-refractivity contribution in [2.75, 3.05) is 0 Å². The van der Waals surface area contributed by atoms with E-state index in [1.807, 2.05) is 19.9 Å². The van der Waals surface area contributed by atoms with E-state index < -0.39 is 18.0 Å². The summed E-state index contributed by atoms with van der Waals surface area (Å²) in [6.45, 7) is 3.64. The number of aromatic nitrogens is 4. The van der Waals surface area contributed by atoms with Crippen molar-refractivity contribution in [3.8, 4) is 0 Å². The van der Waals surface area contributed by atoms with E-state index >= 15 is 0 Å². The van der Waals surface area contributed by atoms with Crippen LogP contribution in [0, 0.1) is 13.8 Å². The average molecular weight is 325 g/mol. The van der Waals surface area contributed by atoms with Crippen LogP contribution in [0.5, 0.6) is 0 Å². The Kier molecular flexibility index (Phi) is 3.95.